The predicted molar refractivity (Wildman–Crippen MR) is 72.7 cm³/mol. The number of rotatable bonds is 2. The van der Waals surface area contributed by atoms with Gasteiger partial charge in [-0.05, 0) is 32.4 Å². The number of nitrogens with zero attached hydrogens (tertiary/aromatic N) is 2. The molecule has 19 heavy (non-hydrogen) atoms. The van der Waals surface area contributed by atoms with Crippen molar-refractivity contribution in [3.8, 4) is 0 Å². The number of carbonyl (C=O) groups is 2. The van der Waals surface area contributed by atoms with Crippen LogP contribution in [0.2, 0.25) is 0 Å². The van der Waals surface area contributed by atoms with E-state index in [-0.39, 0.29) is 5.91 Å². The summed E-state index contributed by atoms with van der Waals surface area (Å²) in [7, 11) is 2.10. The monoisotopic (exact) mass is 268 g/mol. The molecule has 0 saturated carbocycles. The lowest BCUT2D eigenvalue weighted by Gasteiger charge is -2.30. The quantitative estimate of drug-likeness (QED) is 0.623. The maximum atomic E-state index is 11.9. The molecule has 0 bridgehead atoms. The first kappa shape index (κ1) is 14.3. The molecule has 0 aliphatic carbocycles. The van der Waals surface area contributed by atoms with Crippen LogP contribution < -0.4 is 10.6 Å². The molecule has 0 aromatic carbocycles. The zero-order valence-electron chi connectivity index (χ0n) is 11.7. The lowest BCUT2D eigenvalue weighted by Crippen LogP contribution is -2.52. The fourth-order valence-electron chi connectivity index (χ4n) is 2.76. The standard InChI is InChI=1S/C13H24N4O2/c1-16-6-2-3-11(10-16)9-15-12(18)13(19)17-7-4-14-5-8-17/h11,14H,2-10H2,1H3,(H,15,18). The Labute approximate surface area is 114 Å². The Morgan fingerprint density at radius 1 is 1.26 bits per heavy atom. The molecule has 0 aromatic heterocycles. The van der Waals surface area contributed by atoms with Crippen molar-refractivity contribution in [3.63, 3.8) is 0 Å². The van der Waals surface area contributed by atoms with E-state index >= 15 is 0 Å². The lowest BCUT2D eigenvalue weighted by atomic mass is 9.98. The zero-order valence-corrected chi connectivity index (χ0v) is 11.7. The van der Waals surface area contributed by atoms with E-state index in [1.807, 2.05) is 0 Å². The molecule has 2 saturated heterocycles. The molecule has 2 amide bonds. The normalized spacial score (nSPS) is 25.1. The van der Waals surface area contributed by atoms with Crippen LogP contribution in [0.1, 0.15) is 12.8 Å². The van der Waals surface area contributed by atoms with E-state index in [2.05, 4.69) is 22.6 Å². The minimum atomic E-state index is -0.449. The Balaban J connectivity index is 1.72. The largest absolute Gasteiger partial charge is 0.348 e. The Morgan fingerprint density at radius 3 is 2.68 bits per heavy atom. The van der Waals surface area contributed by atoms with Crippen LogP contribution in [0.15, 0.2) is 0 Å². The van der Waals surface area contributed by atoms with Crippen LogP contribution in [-0.4, -0.2) is 74.5 Å². The Bertz CT molecular complexity index is 329. The van der Waals surface area contributed by atoms with E-state index in [1.54, 1.807) is 4.90 Å². The van der Waals surface area contributed by atoms with Crippen molar-refractivity contribution in [1.29, 1.82) is 0 Å². The van der Waals surface area contributed by atoms with Crippen molar-refractivity contribution in [2.45, 2.75) is 12.8 Å². The summed E-state index contributed by atoms with van der Waals surface area (Å²) in [4.78, 5) is 27.6. The average Bonchev–Trinajstić information content (AvgIpc) is 2.45. The predicted octanol–water partition coefficient (Wildman–Crippen LogP) is -1.12. The number of nitrogens with one attached hydrogen (secondary N) is 2. The topological polar surface area (TPSA) is 64.7 Å². The van der Waals surface area contributed by atoms with Crippen molar-refractivity contribution in [1.82, 2.24) is 20.4 Å². The first-order valence-electron chi connectivity index (χ1n) is 7.13. The molecule has 2 aliphatic rings. The first-order chi connectivity index (χ1) is 9.16. The maximum Gasteiger partial charge on any atom is 0.311 e. The van der Waals surface area contributed by atoms with Gasteiger partial charge in [-0.25, -0.2) is 0 Å². The van der Waals surface area contributed by atoms with Gasteiger partial charge in [-0.3, -0.25) is 9.59 Å². The summed E-state index contributed by atoms with van der Waals surface area (Å²) in [6.45, 7) is 5.53. The number of hydrogen-bond acceptors (Lipinski definition) is 4. The van der Waals surface area contributed by atoms with Gasteiger partial charge in [0.1, 0.15) is 0 Å². The molecule has 2 N–H and O–H groups in total. The molecule has 2 rings (SSSR count). The van der Waals surface area contributed by atoms with E-state index in [1.165, 1.54) is 6.42 Å². The molecule has 6 heteroatoms. The van der Waals surface area contributed by atoms with Gasteiger partial charge in [-0.1, -0.05) is 0 Å². The summed E-state index contributed by atoms with van der Waals surface area (Å²) in [5.74, 6) is -0.362. The van der Waals surface area contributed by atoms with E-state index in [0.717, 1.165) is 32.6 Å². The maximum absolute atomic E-state index is 11.9. The third-order valence-electron chi connectivity index (χ3n) is 3.87. The van der Waals surface area contributed by atoms with Crippen molar-refractivity contribution in [3.05, 3.63) is 0 Å². The van der Waals surface area contributed by atoms with Crippen molar-refractivity contribution < 1.29 is 9.59 Å². The highest BCUT2D eigenvalue weighted by atomic mass is 16.2. The zero-order chi connectivity index (χ0) is 13.7. The smallest absolute Gasteiger partial charge is 0.311 e. The van der Waals surface area contributed by atoms with E-state index in [0.29, 0.717) is 25.6 Å². The number of piperidine rings is 1. The summed E-state index contributed by atoms with van der Waals surface area (Å²) in [6.07, 6.45) is 2.30. The van der Waals surface area contributed by atoms with Crippen molar-refractivity contribution in [2.75, 3.05) is 52.9 Å². The van der Waals surface area contributed by atoms with Gasteiger partial charge in [0.2, 0.25) is 0 Å². The van der Waals surface area contributed by atoms with Crippen LogP contribution >= 0.6 is 0 Å². The second-order valence-electron chi connectivity index (χ2n) is 5.52. The first-order valence-corrected chi connectivity index (χ1v) is 7.13. The molecular weight excluding hydrogens is 244 g/mol. The van der Waals surface area contributed by atoms with E-state index < -0.39 is 5.91 Å². The molecule has 6 nitrogen and oxygen atoms in total. The highest BCUT2D eigenvalue weighted by Crippen LogP contribution is 2.13. The third-order valence-corrected chi connectivity index (χ3v) is 3.87. The number of piperazine rings is 1. The summed E-state index contributed by atoms with van der Waals surface area (Å²) in [5.41, 5.74) is 0. The van der Waals surface area contributed by atoms with E-state index in [9.17, 15) is 9.59 Å². The molecule has 0 aromatic rings. The summed E-state index contributed by atoms with van der Waals surface area (Å²) >= 11 is 0. The fourth-order valence-corrected chi connectivity index (χ4v) is 2.76. The van der Waals surface area contributed by atoms with Gasteiger partial charge in [0.25, 0.3) is 0 Å². The minimum absolute atomic E-state index is 0.384. The highest BCUT2D eigenvalue weighted by molar-refractivity contribution is 6.35. The second kappa shape index (κ2) is 6.86. The van der Waals surface area contributed by atoms with Gasteiger partial charge in [0.05, 0.1) is 0 Å². The molecule has 108 valence electrons. The van der Waals surface area contributed by atoms with Crippen LogP contribution in [0.5, 0.6) is 0 Å². The van der Waals surface area contributed by atoms with Crippen LogP contribution in [0.4, 0.5) is 0 Å². The molecule has 0 spiro atoms. The van der Waals surface area contributed by atoms with Crippen LogP contribution in [-0.2, 0) is 9.59 Å². The van der Waals surface area contributed by atoms with Gasteiger partial charge < -0.3 is 20.4 Å². The summed E-state index contributed by atoms with van der Waals surface area (Å²) < 4.78 is 0. The Hall–Kier alpha value is -1.14. The van der Waals surface area contributed by atoms with Gasteiger partial charge >= 0.3 is 11.8 Å². The highest BCUT2D eigenvalue weighted by Gasteiger charge is 2.24. The number of amides is 2. The third kappa shape index (κ3) is 4.18. The second-order valence-corrected chi connectivity index (χ2v) is 5.52. The van der Waals surface area contributed by atoms with Gasteiger partial charge in [0.15, 0.2) is 0 Å². The van der Waals surface area contributed by atoms with Crippen molar-refractivity contribution in [2.24, 2.45) is 5.92 Å². The summed E-state index contributed by atoms with van der Waals surface area (Å²) in [6, 6.07) is 0. The molecule has 2 aliphatic heterocycles. The fraction of sp³-hybridized carbons (Fsp3) is 0.846. The summed E-state index contributed by atoms with van der Waals surface area (Å²) in [5, 5.41) is 5.96. The number of likely N-dealkylation sites (tertiary alicyclic amines) is 1. The Kier molecular flexibility index (Phi) is 5.15. The van der Waals surface area contributed by atoms with Crippen LogP contribution in [0, 0.1) is 5.92 Å². The van der Waals surface area contributed by atoms with Gasteiger partial charge in [0, 0.05) is 39.3 Å². The van der Waals surface area contributed by atoms with Crippen LogP contribution in [0.25, 0.3) is 0 Å². The minimum Gasteiger partial charge on any atom is -0.348 e. The molecular formula is C13H24N4O2. The lowest BCUT2D eigenvalue weighted by molar-refractivity contribution is -0.146. The number of carbonyl (C=O) groups excluding carboxylic acids is 2. The van der Waals surface area contributed by atoms with Crippen molar-refractivity contribution >= 4 is 11.8 Å². The average molecular weight is 268 g/mol. The molecule has 1 atom stereocenters. The van der Waals surface area contributed by atoms with Crippen LogP contribution in [0.3, 0.4) is 0 Å². The molecule has 2 heterocycles. The molecule has 0 radical (unpaired) electrons. The van der Waals surface area contributed by atoms with E-state index in [4.69, 9.17) is 0 Å². The SMILES string of the molecule is CN1CCCC(CNC(=O)C(=O)N2CCNCC2)C1. The molecule has 1 unspecified atom stereocenters. The van der Waals surface area contributed by atoms with Gasteiger partial charge in [-0.15, -0.1) is 0 Å². The number of hydrogen-bond donors (Lipinski definition) is 2. The Morgan fingerprint density at radius 2 is 2.00 bits per heavy atom. The van der Waals surface area contributed by atoms with Gasteiger partial charge in [-0.2, -0.15) is 0 Å². The molecule has 2 fully saturated rings.